The first-order valence-corrected chi connectivity index (χ1v) is 8.47. The molecule has 0 radical (unpaired) electrons. The van der Waals surface area contributed by atoms with E-state index in [1.165, 1.54) is 11.1 Å². The van der Waals surface area contributed by atoms with Crippen molar-refractivity contribution in [1.29, 1.82) is 0 Å². The van der Waals surface area contributed by atoms with Crippen molar-refractivity contribution in [2.24, 2.45) is 0 Å². The van der Waals surface area contributed by atoms with Crippen LogP contribution in [0.15, 0.2) is 22.9 Å². The molecule has 1 saturated heterocycles. The normalized spacial score (nSPS) is 22.8. The molecule has 21 heavy (non-hydrogen) atoms. The quantitative estimate of drug-likeness (QED) is 0.890. The largest absolute Gasteiger partial charge is 0.392 e. The van der Waals surface area contributed by atoms with E-state index in [-0.39, 0.29) is 12.1 Å². The predicted molar refractivity (Wildman–Crippen MR) is 88.4 cm³/mol. The molecule has 0 bridgehead atoms. The highest BCUT2D eigenvalue weighted by Crippen LogP contribution is 2.23. The summed E-state index contributed by atoms with van der Waals surface area (Å²) in [5, 5.41) is 13.4. The van der Waals surface area contributed by atoms with Crippen molar-refractivity contribution in [3.8, 4) is 0 Å². The first-order valence-electron chi connectivity index (χ1n) is 7.67. The third-order valence-electron chi connectivity index (χ3n) is 4.34. The Kier molecular flexibility index (Phi) is 4.62. The number of benzene rings is 1. The molecule has 2 N–H and O–H groups in total. The molecule has 0 saturated carbocycles. The number of aromatic nitrogens is 2. The van der Waals surface area contributed by atoms with Gasteiger partial charge in [-0.15, -0.1) is 0 Å². The summed E-state index contributed by atoms with van der Waals surface area (Å²) in [6.07, 6.45) is 5.80. The number of rotatable bonds is 4. The van der Waals surface area contributed by atoms with Crippen LogP contribution in [0.5, 0.6) is 0 Å². The number of nitrogens with zero attached hydrogens (tertiary/aromatic N) is 2. The number of hydrogen-bond donors (Lipinski definition) is 2. The van der Waals surface area contributed by atoms with Crippen LogP contribution < -0.4 is 5.32 Å². The zero-order valence-corrected chi connectivity index (χ0v) is 13.9. The van der Waals surface area contributed by atoms with E-state index < -0.39 is 0 Å². The Morgan fingerprint density at radius 2 is 2.33 bits per heavy atom. The Hall–Kier alpha value is -0.910. The van der Waals surface area contributed by atoms with Gasteiger partial charge in [-0.3, -0.25) is 0 Å². The van der Waals surface area contributed by atoms with E-state index in [4.69, 9.17) is 0 Å². The number of nitrogens with one attached hydrogen (secondary N) is 1. The SMILES string of the molecule is Cc1cc(Br)cc2c1ncn2CCC[C@H]1NCCC[C@@H]1O. The number of piperidine rings is 1. The Morgan fingerprint density at radius 3 is 3.14 bits per heavy atom. The molecule has 0 unspecified atom stereocenters. The van der Waals surface area contributed by atoms with Crippen molar-refractivity contribution in [3.63, 3.8) is 0 Å². The van der Waals surface area contributed by atoms with E-state index in [1.54, 1.807) is 0 Å². The van der Waals surface area contributed by atoms with Crippen LogP contribution in [-0.4, -0.2) is 33.3 Å². The average molecular weight is 352 g/mol. The molecule has 1 aromatic carbocycles. The Labute approximate surface area is 133 Å². The van der Waals surface area contributed by atoms with Crippen LogP contribution in [0.25, 0.3) is 11.0 Å². The molecule has 2 aromatic rings. The highest BCUT2D eigenvalue weighted by molar-refractivity contribution is 9.10. The Bertz CT molecular complexity index is 625. The predicted octanol–water partition coefficient (Wildman–Crippen LogP) is 3.00. The third kappa shape index (κ3) is 3.30. The third-order valence-corrected chi connectivity index (χ3v) is 4.80. The number of aliphatic hydroxyl groups excluding tert-OH is 1. The van der Waals surface area contributed by atoms with Crippen LogP contribution in [0, 0.1) is 6.92 Å². The maximum Gasteiger partial charge on any atom is 0.0958 e. The Balaban J connectivity index is 1.65. The number of hydrogen-bond acceptors (Lipinski definition) is 3. The standard InChI is InChI=1S/C16H22BrN3O/c1-11-8-12(17)9-14-16(11)19-10-20(14)7-3-4-13-15(21)5-2-6-18-13/h8-10,13,15,18,21H,2-7H2,1H3/t13-,15+/m1/s1. The van der Waals surface area contributed by atoms with Gasteiger partial charge in [0, 0.05) is 17.1 Å². The fourth-order valence-corrected chi connectivity index (χ4v) is 3.74. The van der Waals surface area contributed by atoms with Gasteiger partial charge in [0.15, 0.2) is 0 Å². The fraction of sp³-hybridized carbons (Fsp3) is 0.562. The molecule has 3 rings (SSSR count). The molecule has 1 aromatic heterocycles. The molecule has 1 fully saturated rings. The van der Waals surface area contributed by atoms with E-state index in [0.717, 1.165) is 48.8 Å². The van der Waals surface area contributed by atoms with Gasteiger partial charge in [-0.25, -0.2) is 4.98 Å². The minimum absolute atomic E-state index is 0.185. The van der Waals surface area contributed by atoms with Crippen molar-refractivity contribution in [2.45, 2.75) is 51.3 Å². The lowest BCUT2D eigenvalue weighted by atomic mass is 9.97. The van der Waals surface area contributed by atoms with Crippen molar-refractivity contribution < 1.29 is 5.11 Å². The van der Waals surface area contributed by atoms with Crippen LogP contribution in [0.1, 0.15) is 31.2 Å². The topological polar surface area (TPSA) is 50.1 Å². The van der Waals surface area contributed by atoms with Crippen LogP contribution >= 0.6 is 15.9 Å². The number of aryl methyl sites for hydroxylation is 2. The summed E-state index contributed by atoms with van der Waals surface area (Å²) in [7, 11) is 0. The average Bonchev–Trinajstić information content (AvgIpc) is 2.84. The molecule has 1 aliphatic rings. The number of fused-ring (bicyclic) bond motifs is 1. The van der Waals surface area contributed by atoms with E-state index in [9.17, 15) is 5.11 Å². The first kappa shape index (κ1) is 15.0. The van der Waals surface area contributed by atoms with E-state index in [0.29, 0.717) is 0 Å². The van der Waals surface area contributed by atoms with Crippen LogP contribution in [0.2, 0.25) is 0 Å². The van der Waals surface area contributed by atoms with Crippen molar-refractivity contribution in [3.05, 3.63) is 28.5 Å². The van der Waals surface area contributed by atoms with Crippen LogP contribution in [-0.2, 0) is 6.54 Å². The van der Waals surface area contributed by atoms with Gasteiger partial charge in [-0.2, -0.15) is 0 Å². The molecule has 2 heterocycles. The molecule has 2 atom stereocenters. The summed E-state index contributed by atoms with van der Waals surface area (Å²) in [5.41, 5.74) is 3.45. The lowest BCUT2D eigenvalue weighted by Crippen LogP contribution is -2.44. The van der Waals surface area contributed by atoms with Gasteiger partial charge in [-0.05, 0) is 56.8 Å². The van der Waals surface area contributed by atoms with Gasteiger partial charge in [0.1, 0.15) is 0 Å². The second kappa shape index (κ2) is 6.46. The first-order chi connectivity index (χ1) is 10.1. The van der Waals surface area contributed by atoms with Gasteiger partial charge in [-0.1, -0.05) is 15.9 Å². The summed E-state index contributed by atoms with van der Waals surface area (Å²) in [6.45, 7) is 4.06. The zero-order chi connectivity index (χ0) is 14.8. The maximum absolute atomic E-state index is 9.98. The highest BCUT2D eigenvalue weighted by atomic mass is 79.9. The summed E-state index contributed by atoms with van der Waals surface area (Å²) in [5.74, 6) is 0. The molecule has 5 heteroatoms. The molecule has 0 aliphatic carbocycles. The summed E-state index contributed by atoms with van der Waals surface area (Å²) >= 11 is 3.56. The Morgan fingerprint density at radius 1 is 1.48 bits per heavy atom. The number of aliphatic hydroxyl groups is 1. The van der Waals surface area contributed by atoms with E-state index in [1.807, 2.05) is 6.33 Å². The smallest absolute Gasteiger partial charge is 0.0958 e. The highest BCUT2D eigenvalue weighted by Gasteiger charge is 2.21. The monoisotopic (exact) mass is 351 g/mol. The lowest BCUT2D eigenvalue weighted by Gasteiger charge is -2.29. The molecular weight excluding hydrogens is 330 g/mol. The second-order valence-electron chi connectivity index (χ2n) is 5.94. The lowest BCUT2D eigenvalue weighted by molar-refractivity contribution is 0.0909. The zero-order valence-electron chi connectivity index (χ0n) is 12.3. The summed E-state index contributed by atoms with van der Waals surface area (Å²) < 4.78 is 3.31. The van der Waals surface area contributed by atoms with Crippen molar-refractivity contribution >= 4 is 27.0 Å². The van der Waals surface area contributed by atoms with Gasteiger partial charge in [0.2, 0.25) is 0 Å². The van der Waals surface area contributed by atoms with Gasteiger partial charge in [0.25, 0.3) is 0 Å². The molecule has 1 aliphatic heterocycles. The minimum atomic E-state index is -0.185. The number of halogens is 1. The van der Waals surface area contributed by atoms with Crippen molar-refractivity contribution in [2.75, 3.05) is 6.54 Å². The van der Waals surface area contributed by atoms with Gasteiger partial charge in [0.05, 0.1) is 23.5 Å². The van der Waals surface area contributed by atoms with Crippen LogP contribution in [0.4, 0.5) is 0 Å². The fourth-order valence-electron chi connectivity index (χ4n) is 3.18. The summed E-state index contributed by atoms with van der Waals surface area (Å²) in [4.78, 5) is 4.52. The minimum Gasteiger partial charge on any atom is -0.392 e. The van der Waals surface area contributed by atoms with Gasteiger partial charge < -0.3 is 15.0 Å². The summed E-state index contributed by atoms with van der Waals surface area (Å²) in [6, 6.07) is 4.48. The molecule has 114 valence electrons. The van der Waals surface area contributed by atoms with Gasteiger partial charge >= 0.3 is 0 Å². The van der Waals surface area contributed by atoms with E-state index >= 15 is 0 Å². The molecule has 0 spiro atoms. The second-order valence-corrected chi connectivity index (χ2v) is 6.86. The van der Waals surface area contributed by atoms with Crippen molar-refractivity contribution in [1.82, 2.24) is 14.9 Å². The number of imidazole rings is 1. The maximum atomic E-state index is 9.98. The molecule has 0 amide bonds. The van der Waals surface area contributed by atoms with Crippen LogP contribution in [0.3, 0.4) is 0 Å². The molecular formula is C16H22BrN3O. The molecule has 4 nitrogen and oxygen atoms in total. The van der Waals surface area contributed by atoms with E-state index in [2.05, 4.69) is 49.9 Å².